The number of morpholine rings is 1. The lowest BCUT2D eigenvalue weighted by molar-refractivity contribution is -0.139. The largest absolute Gasteiger partial charge is 0.417 e. The molecule has 0 aliphatic carbocycles. The highest BCUT2D eigenvalue weighted by atomic mass is 32.2. The van der Waals surface area contributed by atoms with E-state index in [4.69, 9.17) is 4.74 Å². The van der Waals surface area contributed by atoms with Crippen molar-refractivity contribution in [3.63, 3.8) is 0 Å². The summed E-state index contributed by atoms with van der Waals surface area (Å²) in [5.41, 5.74) is 1.59. The molecule has 0 bridgehead atoms. The van der Waals surface area contributed by atoms with Crippen LogP contribution in [-0.2, 0) is 10.9 Å². The van der Waals surface area contributed by atoms with Crippen LogP contribution in [0.25, 0.3) is 0 Å². The van der Waals surface area contributed by atoms with Crippen LogP contribution in [0.4, 0.5) is 13.2 Å². The fourth-order valence-electron chi connectivity index (χ4n) is 4.12. The highest BCUT2D eigenvalue weighted by Crippen LogP contribution is 2.45. The van der Waals surface area contributed by atoms with Crippen molar-refractivity contribution in [2.24, 2.45) is 0 Å². The predicted octanol–water partition coefficient (Wildman–Crippen LogP) is 7.00. The standard InChI is InChI=1S/C26H26F3NOS/c1-19(20-10-4-2-5-11-20)30-16-17-31-23(18-30)25(21-12-6-3-7-13-21)32-24-15-9-8-14-22(24)26(27,28)29/h2-15,19,23,25H,16-18H2,1H3/t19-,23+,25+/m1/s1. The molecule has 0 spiro atoms. The van der Waals surface area contributed by atoms with Gasteiger partial charge in [-0.2, -0.15) is 13.2 Å². The fraction of sp³-hybridized carbons (Fsp3) is 0.308. The van der Waals surface area contributed by atoms with Crippen molar-refractivity contribution in [3.05, 3.63) is 102 Å². The Morgan fingerprint density at radius 3 is 2.12 bits per heavy atom. The van der Waals surface area contributed by atoms with E-state index in [1.165, 1.54) is 23.4 Å². The first kappa shape index (κ1) is 22.9. The molecule has 168 valence electrons. The van der Waals surface area contributed by atoms with Gasteiger partial charge in [0.15, 0.2) is 0 Å². The van der Waals surface area contributed by atoms with Crippen LogP contribution in [0.2, 0.25) is 0 Å². The zero-order chi connectivity index (χ0) is 22.6. The number of benzene rings is 3. The second kappa shape index (κ2) is 10.1. The molecule has 1 aliphatic heterocycles. The number of ether oxygens (including phenoxy) is 1. The molecular formula is C26H26F3NOS. The van der Waals surface area contributed by atoms with Crippen molar-refractivity contribution in [1.82, 2.24) is 4.90 Å². The minimum Gasteiger partial charge on any atom is -0.374 e. The van der Waals surface area contributed by atoms with Crippen LogP contribution in [0, 0.1) is 0 Å². The minimum atomic E-state index is -4.40. The molecule has 4 rings (SSSR count). The van der Waals surface area contributed by atoms with Crippen molar-refractivity contribution < 1.29 is 17.9 Å². The Morgan fingerprint density at radius 2 is 1.47 bits per heavy atom. The van der Waals surface area contributed by atoms with Gasteiger partial charge in [-0.25, -0.2) is 0 Å². The van der Waals surface area contributed by atoms with E-state index in [1.54, 1.807) is 12.1 Å². The summed E-state index contributed by atoms with van der Waals surface area (Å²) in [6, 6.07) is 26.0. The number of alkyl halides is 3. The van der Waals surface area contributed by atoms with E-state index in [0.717, 1.165) is 18.2 Å². The predicted molar refractivity (Wildman–Crippen MR) is 123 cm³/mol. The first-order chi connectivity index (χ1) is 15.4. The summed E-state index contributed by atoms with van der Waals surface area (Å²) >= 11 is 1.24. The van der Waals surface area contributed by atoms with Crippen molar-refractivity contribution in [3.8, 4) is 0 Å². The average molecular weight is 458 g/mol. The number of halogens is 3. The second-order valence-corrected chi connectivity index (χ2v) is 9.12. The van der Waals surface area contributed by atoms with E-state index in [-0.39, 0.29) is 22.3 Å². The van der Waals surface area contributed by atoms with Gasteiger partial charge in [0.1, 0.15) is 0 Å². The third kappa shape index (κ3) is 5.37. The topological polar surface area (TPSA) is 12.5 Å². The molecule has 3 aromatic rings. The molecule has 1 aliphatic rings. The molecule has 0 aromatic heterocycles. The molecule has 0 unspecified atom stereocenters. The third-order valence-corrected chi connectivity index (χ3v) is 7.31. The van der Waals surface area contributed by atoms with Crippen LogP contribution in [-0.4, -0.2) is 30.7 Å². The lowest BCUT2D eigenvalue weighted by atomic mass is 10.0. The van der Waals surface area contributed by atoms with E-state index in [1.807, 2.05) is 48.5 Å². The summed E-state index contributed by atoms with van der Waals surface area (Å²) in [5, 5.41) is -0.259. The number of hydrogen-bond donors (Lipinski definition) is 0. The summed E-state index contributed by atoms with van der Waals surface area (Å²) in [6.45, 7) is 4.16. The van der Waals surface area contributed by atoms with Crippen LogP contribution in [0.15, 0.2) is 89.8 Å². The maximum absolute atomic E-state index is 13.6. The molecule has 2 nitrogen and oxygen atoms in total. The smallest absolute Gasteiger partial charge is 0.374 e. The molecule has 1 fully saturated rings. The maximum Gasteiger partial charge on any atom is 0.417 e. The molecule has 1 heterocycles. The van der Waals surface area contributed by atoms with Crippen molar-refractivity contribution >= 4 is 11.8 Å². The minimum absolute atomic E-state index is 0.200. The quantitative estimate of drug-likeness (QED) is 0.370. The molecule has 3 atom stereocenters. The van der Waals surface area contributed by atoms with E-state index >= 15 is 0 Å². The second-order valence-electron chi connectivity index (χ2n) is 7.93. The van der Waals surface area contributed by atoms with Gasteiger partial charge in [-0.1, -0.05) is 72.8 Å². The number of rotatable bonds is 6. The molecule has 0 amide bonds. The van der Waals surface area contributed by atoms with Crippen LogP contribution >= 0.6 is 11.8 Å². The molecule has 6 heteroatoms. The molecular weight excluding hydrogens is 431 g/mol. The van der Waals surface area contributed by atoms with Crippen LogP contribution in [0.5, 0.6) is 0 Å². The van der Waals surface area contributed by atoms with E-state index in [0.29, 0.717) is 13.2 Å². The highest BCUT2D eigenvalue weighted by Gasteiger charge is 2.37. The van der Waals surface area contributed by atoms with Crippen molar-refractivity contribution in [2.45, 2.75) is 35.4 Å². The molecule has 0 radical (unpaired) electrons. The summed E-state index contributed by atoms with van der Waals surface area (Å²) in [4.78, 5) is 2.58. The van der Waals surface area contributed by atoms with Gasteiger partial charge in [0.2, 0.25) is 0 Å². The Hall–Kier alpha value is -2.28. The van der Waals surface area contributed by atoms with Gasteiger partial charge in [0.05, 0.1) is 23.5 Å². The van der Waals surface area contributed by atoms with Crippen molar-refractivity contribution in [1.29, 1.82) is 0 Å². The average Bonchev–Trinajstić information content (AvgIpc) is 2.83. The van der Waals surface area contributed by atoms with Gasteiger partial charge in [-0.3, -0.25) is 4.90 Å². The molecule has 0 N–H and O–H groups in total. The van der Waals surface area contributed by atoms with Gasteiger partial charge < -0.3 is 4.74 Å². The summed E-state index contributed by atoms with van der Waals surface area (Å²) in [6.07, 6.45) is -4.63. The molecule has 3 aromatic carbocycles. The van der Waals surface area contributed by atoms with E-state index < -0.39 is 11.7 Å². The normalized spacial score (nSPS) is 19.4. The highest BCUT2D eigenvalue weighted by molar-refractivity contribution is 7.99. The Morgan fingerprint density at radius 1 is 0.875 bits per heavy atom. The molecule has 32 heavy (non-hydrogen) atoms. The number of hydrogen-bond acceptors (Lipinski definition) is 3. The number of thioether (sulfide) groups is 1. The SMILES string of the molecule is C[C@H](c1ccccc1)N1CCO[C@H]([C@@H](Sc2ccccc2C(F)(F)F)c2ccccc2)C1. The lowest BCUT2D eigenvalue weighted by Gasteiger charge is -2.40. The van der Waals surface area contributed by atoms with Crippen LogP contribution in [0.3, 0.4) is 0 Å². The summed E-state index contributed by atoms with van der Waals surface area (Å²) in [5.74, 6) is 0. The van der Waals surface area contributed by atoms with Crippen LogP contribution < -0.4 is 0 Å². The van der Waals surface area contributed by atoms with Gasteiger partial charge in [0, 0.05) is 24.0 Å². The first-order valence-corrected chi connectivity index (χ1v) is 11.6. The van der Waals surface area contributed by atoms with Crippen LogP contribution in [0.1, 0.15) is 34.9 Å². The fourth-order valence-corrected chi connectivity index (χ4v) is 5.47. The molecule has 1 saturated heterocycles. The maximum atomic E-state index is 13.6. The Bertz CT molecular complexity index is 997. The van der Waals surface area contributed by atoms with E-state index in [9.17, 15) is 13.2 Å². The monoisotopic (exact) mass is 457 g/mol. The van der Waals surface area contributed by atoms with Gasteiger partial charge in [-0.05, 0) is 30.2 Å². The molecule has 0 saturated carbocycles. The zero-order valence-corrected chi connectivity index (χ0v) is 18.7. The lowest BCUT2D eigenvalue weighted by Crippen LogP contribution is -2.45. The van der Waals surface area contributed by atoms with Gasteiger partial charge in [0.25, 0.3) is 0 Å². The Labute approximate surface area is 191 Å². The third-order valence-electron chi connectivity index (χ3n) is 5.87. The Balaban J connectivity index is 1.62. The first-order valence-electron chi connectivity index (χ1n) is 10.7. The van der Waals surface area contributed by atoms with Gasteiger partial charge >= 0.3 is 6.18 Å². The van der Waals surface area contributed by atoms with E-state index in [2.05, 4.69) is 24.0 Å². The van der Waals surface area contributed by atoms with Crippen molar-refractivity contribution in [2.75, 3.05) is 19.7 Å². The summed E-state index contributed by atoms with van der Waals surface area (Å²) < 4.78 is 47.1. The van der Waals surface area contributed by atoms with Gasteiger partial charge in [-0.15, -0.1) is 11.8 Å². The number of nitrogens with zero attached hydrogens (tertiary/aromatic N) is 1. The zero-order valence-electron chi connectivity index (χ0n) is 17.8. The Kier molecular flexibility index (Phi) is 7.23. The summed E-state index contributed by atoms with van der Waals surface area (Å²) in [7, 11) is 0.